The quantitative estimate of drug-likeness (QED) is 0.720. The smallest absolute Gasteiger partial charge is 0.240 e. The highest BCUT2D eigenvalue weighted by Gasteiger charge is 2.24. The van der Waals surface area contributed by atoms with Crippen molar-refractivity contribution in [2.75, 3.05) is 26.2 Å². The van der Waals surface area contributed by atoms with Crippen molar-refractivity contribution in [3.05, 3.63) is 59.1 Å². The molecule has 1 heterocycles. The molecule has 0 atom stereocenters. The first-order chi connectivity index (χ1) is 12.5. The second-order valence-corrected chi connectivity index (χ2v) is 8.98. The lowest BCUT2D eigenvalue weighted by Crippen LogP contribution is -2.45. The molecule has 0 spiro atoms. The zero-order valence-electron chi connectivity index (χ0n) is 14.5. The summed E-state index contributed by atoms with van der Waals surface area (Å²) in [6, 6.07) is 16.5. The van der Waals surface area contributed by atoms with Gasteiger partial charge in [0.2, 0.25) is 10.0 Å². The fourth-order valence-corrected chi connectivity index (χ4v) is 4.55. The van der Waals surface area contributed by atoms with Crippen LogP contribution in [0.3, 0.4) is 0 Å². The second kappa shape index (κ2) is 8.99. The number of hydrogen-bond donors (Lipinski definition) is 1. The maximum atomic E-state index is 12.5. The van der Waals surface area contributed by atoms with Crippen LogP contribution in [0.5, 0.6) is 5.75 Å². The minimum absolute atomic E-state index is 0.0186. The molecule has 1 fully saturated rings. The molecule has 3 rings (SSSR count). The molecule has 1 saturated heterocycles. The second-order valence-electron chi connectivity index (χ2n) is 6.35. The number of nitrogens with one attached hydrogen (secondary N) is 1. The van der Waals surface area contributed by atoms with Crippen LogP contribution in [0.2, 0.25) is 0 Å². The number of hydrogen-bond acceptors (Lipinski definition) is 4. The van der Waals surface area contributed by atoms with Crippen molar-refractivity contribution in [1.82, 2.24) is 9.62 Å². The Kier molecular flexibility index (Phi) is 6.69. The molecule has 2 aromatic rings. The van der Waals surface area contributed by atoms with Crippen molar-refractivity contribution in [1.29, 1.82) is 0 Å². The first kappa shape index (κ1) is 19.4. The summed E-state index contributed by atoms with van der Waals surface area (Å²) in [7, 11) is -3.46. The highest BCUT2D eigenvalue weighted by Crippen LogP contribution is 2.17. The Morgan fingerprint density at radius 2 is 1.69 bits per heavy atom. The normalized spacial score (nSPS) is 16.5. The number of halogens is 1. The summed E-state index contributed by atoms with van der Waals surface area (Å²) in [5, 5.41) is 0. The molecule has 0 radical (unpaired) electrons. The minimum Gasteiger partial charge on any atom is -0.492 e. The number of likely N-dealkylation sites (tertiary alicyclic amines) is 1. The van der Waals surface area contributed by atoms with Gasteiger partial charge >= 0.3 is 0 Å². The van der Waals surface area contributed by atoms with Gasteiger partial charge in [-0.2, -0.15) is 0 Å². The van der Waals surface area contributed by atoms with Crippen molar-refractivity contribution < 1.29 is 13.2 Å². The van der Waals surface area contributed by atoms with Crippen LogP contribution in [0.4, 0.5) is 0 Å². The van der Waals surface area contributed by atoms with Crippen LogP contribution in [0.15, 0.2) is 64.0 Å². The summed E-state index contributed by atoms with van der Waals surface area (Å²) in [6.45, 7) is 3.22. The standard InChI is InChI=1S/C19H23BrN2O3S/c20-16-6-8-19(9-7-16)26(23,24)21-17-10-12-22(13-11-17)14-15-25-18-4-2-1-3-5-18/h1-9,17,21H,10-15H2. The van der Waals surface area contributed by atoms with Crippen LogP contribution in [-0.2, 0) is 10.0 Å². The van der Waals surface area contributed by atoms with E-state index in [1.807, 2.05) is 30.3 Å². The predicted molar refractivity (Wildman–Crippen MR) is 106 cm³/mol. The number of rotatable bonds is 7. The summed E-state index contributed by atoms with van der Waals surface area (Å²) in [4.78, 5) is 2.62. The highest BCUT2D eigenvalue weighted by molar-refractivity contribution is 9.10. The molecule has 26 heavy (non-hydrogen) atoms. The van der Waals surface area contributed by atoms with Gasteiger partial charge in [0.25, 0.3) is 0 Å². The average molecular weight is 439 g/mol. The fraction of sp³-hybridized carbons (Fsp3) is 0.368. The maximum absolute atomic E-state index is 12.5. The van der Waals surface area contributed by atoms with E-state index in [1.54, 1.807) is 24.3 Å². The van der Waals surface area contributed by atoms with Gasteiger partial charge in [-0.15, -0.1) is 0 Å². The number of nitrogens with zero attached hydrogens (tertiary/aromatic N) is 1. The molecule has 7 heteroatoms. The lowest BCUT2D eigenvalue weighted by Gasteiger charge is -2.32. The van der Waals surface area contributed by atoms with Crippen LogP contribution in [0.1, 0.15) is 12.8 Å². The van der Waals surface area contributed by atoms with E-state index in [-0.39, 0.29) is 6.04 Å². The largest absolute Gasteiger partial charge is 0.492 e. The first-order valence-electron chi connectivity index (χ1n) is 8.71. The fourth-order valence-electron chi connectivity index (χ4n) is 2.98. The van der Waals surface area contributed by atoms with Gasteiger partial charge in [-0.1, -0.05) is 34.1 Å². The lowest BCUT2D eigenvalue weighted by molar-refractivity contribution is 0.170. The molecule has 0 bridgehead atoms. The Hall–Kier alpha value is -1.41. The monoisotopic (exact) mass is 438 g/mol. The van der Waals surface area contributed by atoms with Gasteiger partial charge in [0, 0.05) is 17.1 Å². The molecule has 1 aliphatic heterocycles. The number of benzene rings is 2. The summed E-state index contributed by atoms with van der Waals surface area (Å²) in [5.41, 5.74) is 0. The van der Waals surface area contributed by atoms with Crippen LogP contribution in [0.25, 0.3) is 0 Å². The van der Waals surface area contributed by atoms with Crippen molar-refractivity contribution in [3.8, 4) is 5.75 Å². The van der Waals surface area contributed by atoms with Crippen LogP contribution < -0.4 is 9.46 Å². The third-order valence-electron chi connectivity index (χ3n) is 4.45. The van der Waals surface area contributed by atoms with E-state index in [2.05, 4.69) is 25.6 Å². The molecule has 140 valence electrons. The average Bonchev–Trinajstić information content (AvgIpc) is 2.64. The molecule has 0 amide bonds. The van der Waals surface area contributed by atoms with E-state index in [0.717, 1.165) is 42.7 Å². The van der Waals surface area contributed by atoms with Crippen molar-refractivity contribution in [3.63, 3.8) is 0 Å². The third-order valence-corrected chi connectivity index (χ3v) is 6.52. The van der Waals surface area contributed by atoms with Gasteiger partial charge in [-0.25, -0.2) is 13.1 Å². The SMILES string of the molecule is O=S(=O)(NC1CCN(CCOc2ccccc2)CC1)c1ccc(Br)cc1. The molecule has 0 aromatic heterocycles. The highest BCUT2D eigenvalue weighted by atomic mass is 79.9. The summed E-state index contributed by atoms with van der Waals surface area (Å²) in [6.07, 6.45) is 1.61. The summed E-state index contributed by atoms with van der Waals surface area (Å²) >= 11 is 3.32. The molecule has 0 unspecified atom stereocenters. The predicted octanol–water partition coefficient (Wildman–Crippen LogP) is 3.27. The zero-order chi connectivity index (χ0) is 18.4. The molecular weight excluding hydrogens is 416 g/mol. The molecule has 1 aliphatic rings. The van der Waals surface area contributed by atoms with Crippen LogP contribution in [0, 0.1) is 0 Å². The van der Waals surface area contributed by atoms with Crippen LogP contribution in [-0.4, -0.2) is 45.6 Å². The Bertz CT molecular complexity index is 789. The molecular formula is C19H23BrN2O3S. The Labute approximate surface area is 163 Å². The zero-order valence-corrected chi connectivity index (χ0v) is 16.9. The van der Waals surface area contributed by atoms with Crippen molar-refractivity contribution in [2.24, 2.45) is 0 Å². The topological polar surface area (TPSA) is 58.6 Å². The molecule has 1 N–H and O–H groups in total. The van der Waals surface area contributed by atoms with E-state index in [4.69, 9.17) is 4.74 Å². The third kappa shape index (κ3) is 5.54. The first-order valence-corrected chi connectivity index (χ1v) is 11.0. The Balaban J connectivity index is 1.42. The van der Waals surface area contributed by atoms with Crippen molar-refractivity contribution in [2.45, 2.75) is 23.8 Å². The van der Waals surface area contributed by atoms with E-state index in [9.17, 15) is 8.42 Å². The maximum Gasteiger partial charge on any atom is 0.240 e. The molecule has 0 aliphatic carbocycles. The minimum atomic E-state index is -3.46. The van der Waals surface area contributed by atoms with Gasteiger partial charge in [-0.3, -0.25) is 4.90 Å². The summed E-state index contributed by atoms with van der Waals surface area (Å²) < 4.78 is 34.3. The number of para-hydroxylation sites is 1. The van der Waals surface area contributed by atoms with E-state index in [1.165, 1.54) is 0 Å². The Morgan fingerprint density at radius 3 is 2.35 bits per heavy atom. The van der Waals surface area contributed by atoms with Gasteiger partial charge in [-0.05, 0) is 62.3 Å². The van der Waals surface area contributed by atoms with Gasteiger partial charge in [0.05, 0.1) is 4.90 Å². The van der Waals surface area contributed by atoms with Gasteiger partial charge in [0.1, 0.15) is 12.4 Å². The van der Waals surface area contributed by atoms with Crippen LogP contribution >= 0.6 is 15.9 Å². The Morgan fingerprint density at radius 1 is 1.04 bits per heavy atom. The molecule has 2 aromatic carbocycles. The number of piperidine rings is 1. The number of sulfonamides is 1. The van der Waals surface area contributed by atoms with Gasteiger partial charge < -0.3 is 4.74 Å². The molecule has 0 saturated carbocycles. The lowest BCUT2D eigenvalue weighted by atomic mass is 10.1. The summed E-state index contributed by atoms with van der Waals surface area (Å²) in [5.74, 6) is 0.879. The van der Waals surface area contributed by atoms with Gasteiger partial charge in [0.15, 0.2) is 0 Å². The van der Waals surface area contributed by atoms with E-state index >= 15 is 0 Å². The molecule has 5 nitrogen and oxygen atoms in total. The number of ether oxygens (including phenoxy) is 1. The van der Waals surface area contributed by atoms with E-state index in [0.29, 0.717) is 11.5 Å². The van der Waals surface area contributed by atoms with E-state index < -0.39 is 10.0 Å². The van der Waals surface area contributed by atoms with Crippen molar-refractivity contribution >= 4 is 26.0 Å².